The van der Waals surface area contributed by atoms with Crippen LogP contribution < -0.4 is 15.4 Å². The zero-order valence-electron chi connectivity index (χ0n) is 17.6. The Morgan fingerprint density at radius 3 is 2.19 bits per heavy atom. The van der Waals surface area contributed by atoms with Crippen molar-refractivity contribution in [3.63, 3.8) is 0 Å². The number of nitrogens with zero attached hydrogens (tertiary/aromatic N) is 1. The van der Waals surface area contributed by atoms with E-state index in [1.54, 1.807) is 24.3 Å². The summed E-state index contributed by atoms with van der Waals surface area (Å²) in [7, 11) is 0. The van der Waals surface area contributed by atoms with Crippen LogP contribution in [0.3, 0.4) is 0 Å². The molecule has 0 aliphatic heterocycles. The first-order valence-electron chi connectivity index (χ1n) is 11.0. The maximum atomic E-state index is 13.0. The molecule has 0 atom stereocenters. The highest BCUT2D eigenvalue weighted by Crippen LogP contribution is 2.55. The molecule has 4 aliphatic rings. The van der Waals surface area contributed by atoms with Crippen molar-refractivity contribution in [2.75, 3.05) is 5.32 Å². The van der Waals surface area contributed by atoms with E-state index in [0.717, 1.165) is 37.0 Å². The van der Waals surface area contributed by atoms with E-state index in [-0.39, 0.29) is 22.9 Å². The zero-order valence-corrected chi connectivity index (χ0v) is 17.6. The van der Waals surface area contributed by atoms with Gasteiger partial charge in [0.2, 0.25) is 0 Å². The lowest BCUT2D eigenvalue weighted by Gasteiger charge is -2.56. The smallest absolute Gasteiger partial charge is 0.410 e. The summed E-state index contributed by atoms with van der Waals surface area (Å²) in [6.07, 6.45) is 6.42. The Morgan fingerprint density at radius 1 is 0.969 bits per heavy atom. The monoisotopic (exact) mass is 435 g/mol. The van der Waals surface area contributed by atoms with Gasteiger partial charge in [-0.05, 0) is 86.6 Å². The van der Waals surface area contributed by atoms with Crippen LogP contribution in [0.5, 0.6) is 5.75 Å². The molecule has 0 heterocycles. The van der Waals surface area contributed by atoms with Gasteiger partial charge in [-0.3, -0.25) is 20.2 Å². The molecule has 8 nitrogen and oxygen atoms in total. The Balaban J connectivity index is 1.22. The number of carbonyl (C=O) groups excluding carboxylic acids is 2. The van der Waals surface area contributed by atoms with Crippen molar-refractivity contribution in [2.24, 2.45) is 17.8 Å². The summed E-state index contributed by atoms with van der Waals surface area (Å²) in [6.45, 7) is 0. The van der Waals surface area contributed by atoms with Crippen LogP contribution in [0.25, 0.3) is 0 Å². The molecule has 8 heteroatoms. The molecule has 4 aliphatic carbocycles. The van der Waals surface area contributed by atoms with E-state index >= 15 is 0 Å². The van der Waals surface area contributed by atoms with Gasteiger partial charge in [-0.2, -0.15) is 0 Å². The average molecular weight is 435 g/mol. The summed E-state index contributed by atoms with van der Waals surface area (Å²) in [5, 5.41) is 16.7. The molecule has 32 heavy (non-hydrogen) atoms. The molecule has 2 aromatic rings. The van der Waals surface area contributed by atoms with Gasteiger partial charge in [0.05, 0.1) is 4.92 Å². The summed E-state index contributed by atoms with van der Waals surface area (Å²) in [5.41, 5.74) is 0.767. The van der Waals surface area contributed by atoms with Crippen molar-refractivity contribution in [1.82, 2.24) is 5.32 Å². The van der Waals surface area contributed by atoms with Crippen molar-refractivity contribution >= 4 is 23.4 Å². The van der Waals surface area contributed by atoms with Gasteiger partial charge in [0.25, 0.3) is 11.6 Å². The number of nitro benzene ring substituents is 1. The fourth-order valence-electron chi connectivity index (χ4n) is 6.20. The maximum absolute atomic E-state index is 13.0. The van der Waals surface area contributed by atoms with Gasteiger partial charge >= 0.3 is 6.09 Å². The van der Waals surface area contributed by atoms with Crippen molar-refractivity contribution in [1.29, 1.82) is 0 Å². The lowest BCUT2D eigenvalue weighted by molar-refractivity contribution is -0.384. The Kier molecular flexibility index (Phi) is 5.07. The molecule has 2 aromatic carbocycles. The second kappa shape index (κ2) is 7.93. The minimum absolute atomic E-state index is 0.0792. The van der Waals surface area contributed by atoms with E-state index in [0.29, 0.717) is 11.3 Å². The van der Waals surface area contributed by atoms with Crippen LogP contribution in [0.15, 0.2) is 48.5 Å². The quantitative estimate of drug-likeness (QED) is 0.512. The number of carbonyl (C=O) groups is 2. The van der Waals surface area contributed by atoms with Gasteiger partial charge < -0.3 is 10.1 Å². The van der Waals surface area contributed by atoms with Crippen molar-refractivity contribution in [2.45, 2.75) is 44.1 Å². The molecule has 4 bridgehead atoms. The number of hydrogen-bond acceptors (Lipinski definition) is 5. The standard InChI is InChI=1S/C24H25N3O5/c28-22(26-24-12-15-8-16(13-24)10-17(9-15)14-24)18-2-1-3-19(11-18)25-23(29)32-21-6-4-20(5-7-21)27(30)31/h1-7,11,15-17H,8-10,12-14H2,(H,25,29)(H,26,28). The van der Waals surface area contributed by atoms with Gasteiger partial charge in [-0.1, -0.05) is 6.07 Å². The number of hydrogen-bond donors (Lipinski definition) is 2. The minimum atomic E-state index is -0.738. The molecule has 0 saturated heterocycles. The number of rotatable bonds is 5. The minimum Gasteiger partial charge on any atom is -0.410 e. The van der Waals surface area contributed by atoms with E-state index in [2.05, 4.69) is 10.6 Å². The summed E-state index contributed by atoms with van der Waals surface area (Å²) in [4.78, 5) is 35.4. The van der Waals surface area contributed by atoms with Crippen molar-refractivity contribution in [3.8, 4) is 5.75 Å². The molecule has 4 saturated carbocycles. The normalized spacial score (nSPS) is 27.6. The SMILES string of the molecule is O=C(Nc1cccc(C(=O)NC23CC4CC(CC(C4)C2)C3)c1)Oc1ccc([N+](=O)[O-])cc1. The van der Waals surface area contributed by atoms with Crippen LogP contribution in [-0.4, -0.2) is 22.5 Å². The molecule has 6 rings (SSSR count). The molecule has 2 amide bonds. The topological polar surface area (TPSA) is 111 Å². The third-order valence-corrected chi connectivity index (χ3v) is 7.05. The highest BCUT2D eigenvalue weighted by Gasteiger charge is 2.51. The summed E-state index contributed by atoms with van der Waals surface area (Å²) < 4.78 is 5.17. The van der Waals surface area contributed by atoms with E-state index in [1.165, 1.54) is 43.5 Å². The highest BCUT2D eigenvalue weighted by atomic mass is 16.6. The average Bonchev–Trinajstić information content (AvgIpc) is 2.73. The number of nitro groups is 1. The molecule has 0 radical (unpaired) electrons. The summed E-state index contributed by atoms with van der Waals surface area (Å²) in [6, 6.07) is 12.0. The Hall–Kier alpha value is -3.42. The number of anilines is 1. The lowest BCUT2D eigenvalue weighted by atomic mass is 9.53. The maximum Gasteiger partial charge on any atom is 0.417 e. The number of non-ortho nitro benzene ring substituents is 1. The zero-order chi connectivity index (χ0) is 22.3. The van der Waals surface area contributed by atoms with Crippen molar-refractivity contribution < 1.29 is 19.2 Å². The predicted octanol–water partition coefficient (Wildman–Crippen LogP) is 4.90. The number of ether oxygens (including phenoxy) is 1. The molecule has 0 aromatic heterocycles. The molecule has 0 spiro atoms. The largest absolute Gasteiger partial charge is 0.417 e. The third-order valence-electron chi connectivity index (χ3n) is 7.05. The first-order valence-corrected chi connectivity index (χ1v) is 11.0. The molecular formula is C24H25N3O5. The fourth-order valence-corrected chi connectivity index (χ4v) is 6.20. The molecule has 166 valence electrons. The second-order valence-corrected chi connectivity index (χ2v) is 9.50. The number of amides is 2. The highest BCUT2D eigenvalue weighted by molar-refractivity contribution is 5.97. The third kappa shape index (κ3) is 4.17. The molecule has 4 fully saturated rings. The number of nitrogens with one attached hydrogen (secondary N) is 2. The first-order chi connectivity index (χ1) is 15.4. The van der Waals surface area contributed by atoms with Crippen LogP contribution in [-0.2, 0) is 0 Å². The van der Waals surface area contributed by atoms with Crippen LogP contribution in [0.2, 0.25) is 0 Å². The van der Waals surface area contributed by atoms with Gasteiger partial charge in [0.15, 0.2) is 0 Å². The Bertz CT molecular complexity index is 1030. The van der Waals surface area contributed by atoms with Gasteiger partial charge in [-0.15, -0.1) is 0 Å². The number of benzene rings is 2. The van der Waals surface area contributed by atoms with E-state index in [1.807, 2.05) is 0 Å². The Labute approximate surface area is 185 Å². The van der Waals surface area contributed by atoms with Gasteiger partial charge in [-0.25, -0.2) is 4.79 Å². The van der Waals surface area contributed by atoms with Gasteiger partial charge in [0, 0.05) is 28.9 Å². The molecule has 2 N–H and O–H groups in total. The predicted molar refractivity (Wildman–Crippen MR) is 118 cm³/mol. The lowest BCUT2D eigenvalue weighted by Crippen LogP contribution is -2.59. The fraction of sp³-hybridized carbons (Fsp3) is 0.417. The summed E-state index contributed by atoms with van der Waals surface area (Å²) >= 11 is 0. The van der Waals surface area contributed by atoms with Crippen LogP contribution >= 0.6 is 0 Å². The second-order valence-electron chi connectivity index (χ2n) is 9.50. The molecular weight excluding hydrogens is 410 g/mol. The van der Waals surface area contributed by atoms with Crippen LogP contribution in [0.1, 0.15) is 48.9 Å². The van der Waals surface area contributed by atoms with Gasteiger partial charge in [0.1, 0.15) is 5.75 Å². The molecule has 0 unspecified atom stereocenters. The van der Waals surface area contributed by atoms with Crippen LogP contribution in [0, 0.1) is 27.9 Å². The van der Waals surface area contributed by atoms with E-state index < -0.39 is 11.0 Å². The summed E-state index contributed by atoms with van der Waals surface area (Å²) in [5.74, 6) is 2.29. The van der Waals surface area contributed by atoms with E-state index in [9.17, 15) is 19.7 Å². The van der Waals surface area contributed by atoms with E-state index in [4.69, 9.17) is 4.74 Å². The van der Waals surface area contributed by atoms with Crippen molar-refractivity contribution in [3.05, 3.63) is 64.2 Å². The first kappa shape index (κ1) is 20.5. The van der Waals surface area contributed by atoms with Crippen LogP contribution in [0.4, 0.5) is 16.2 Å². The Morgan fingerprint density at radius 2 is 1.59 bits per heavy atom.